The Labute approximate surface area is 121 Å². The Balaban J connectivity index is 1.72. The Kier molecular flexibility index (Phi) is 4.27. The van der Waals surface area contributed by atoms with Gasteiger partial charge in [-0.15, -0.1) is 0 Å². The van der Waals surface area contributed by atoms with Crippen LogP contribution in [-0.2, 0) is 17.6 Å². The van der Waals surface area contributed by atoms with Gasteiger partial charge in [-0.2, -0.15) is 0 Å². The fourth-order valence-electron chi connectivity index (χ4n) is 3.51. The van der Waals surface area contributed by atoms with E-state index in [0.29, 0.717) is 0 Å². The van der Waals surface area contributed by atoms with Crippen LogP contribution in [0, 0.1) is 5.92 Å². The number of hydrogen-bond acceptors (Lipinski definition) is 3. The number of benzene rings is 1. The predicted molar refractivity (Wildman–Crippen MR) is 81.3 cm³/mol. The van der Waals surface area contributed by atoms with Gasteiger partial charge in [0.2, 0.25) is 0 Å². The second kappa shape index (κ2) is 6.15. The molecule has 1 atom stereocenters. The molecule has 0 spiro atoms. The van der Waals surface area contributed by atoms with E-state index in [-0.39, 0.29) is 6.10 Å². The fourth-order valence-corrected chi connectivity index (χ4v) is 3.51. The van der Waals surface area contributed by atoms with E-state index >= 15 is 0 Å². The highest BCUT2D eigenvalue weighted by molar-refractivity contribution is 5.61. The first-order valence-electron chi connectivity index (χ1n) is 7.85. The summed E-state index contributed by atoms with van der Waals surface area (Å²) < 4.78 is 5.45. The van der Waals surface area contributed by atoms with Crippen LogP contribution in [0.5, 0.6) is 0 Å². The summed E-state index contributed by atoms with van der Waals surface area (Å²) in [6.45, 7) is 6.01. The standard InChI is InChI=1S/C17H25NO2/c1-13(19)11-15-3-2-4-17-16(15)5-8-18(17)12-14-6-9-20-10-7-14/h2-4,13-14,19H,5-12H2,1H3. The first-order valence-corrected chi connectivity index (χ1v) is 7.85. The molecule has 1 aromatic rings. The summed E-state index contributed by atoms with van der Waals surface area (Å²) in [5, 5.41) is 9.64. The largest absolute Gasteiger partial charge is 0.393 e. The molecule has 1 saturated heterocycles. The van der Waals surface area contributed by atoms with Gasteiger partial charge < -0.3 is 14.7 Å². The van der Waals surface area contributed by atoms with E-state index in [1.165, 1.54) is 29.7 Å². The topological polar surface area (TPSA) is 32.7 Å². The normalized spacial score (nSPS) is 21.0. The summed E-state index contributed by atoms with van der Waals surface area (Å²) in [5.74, 6) is 0.773. The third kappa shape index (κ3) is 2.99. The Morgan fingerprint density at radius 3 is 2.90 bits per heavy atom. The number of nitrogens with zero attached hydrogens (tertiary/aromatic N) is 1. The quantitative estimate of drug-likeness (QED) is 0.916. The van der Waals surface area contributed by atoms with Crippen molar-refractivity contribution in [2.75, 3.05) is 31.2 Å². The van der Waals surface area contributed by atoms with E-state index in [1.54, 1.807) is 0 Å². The van der Waals surface area contributed by atoms with Gasteiger partial charge in [0.25, 0.3) is 0 Å². The summed E-state index contributed by atoms with van der Waals surface area (Å²) >= 11 is 0. The minimum absolute atomic E-state index is 0.258. The molecule has 2 aliphatic heterocycles. The van der Waals surface area contributed by atoms with Crippen molar-refractivity contribution in [2.24, 2.45) is 5.92 Å². The SMILES string of the molecule is CC(O)Cc1cccc2c1CCN2CC1CCOCC1. The highest BCUT2D eigenvalue weighted by Crippen LogP contribution is 2.33. The second-order valence-electron chi connectivity index (χ2n) is 6.22. The molecule has 20 heavy (non-hydrogen) atoms. The van der Waals surface area contributed by atoms with Gasteiger partial charge >= 0.3 is 0 Å². The zero-order chi connectivity index (χ0) is 13.9. The number of anilines is 1. The van der Waals surface area contributed by atoms with E-state index in [1.807, 2.05) is 6.92 Å². The maximum absolute atomic E-state index is 9.64. The van der Waals surface area contributed by atoms with Crippen LogP contribution in [0.2, 0.25) is 0 Å². The van der Waals surface area contributed by atoms with E-state index in [9.17, 15) is 5.11 Å². The average Bonchev–Trinajstić information content (AvgIpc) is 2.84. The second-order valence-corrected chi connectivity index (χ2v) is 6.22. The van der Waals surface area contributed by atoms with Gasteiger partial charge in [-0.1, -0.05) is 12.1 Å². The number of hydrogen-bond donors (Lipinski definition) is 1. The Bertz CT molecular complexity index is 452. The molecular weight excluding hydrogens is 250 g/mol. The highest BCUT2D eigenvalue weighted by atomic mass is 16.5. The first-order chi connectivity index (χ1) is 9.74. The number of ether oxygens (including phenoxy) is 1. The minimum Gasteiger partial charge on any atom is -0.393 e. The highest BCUT2D eigenvalue weighted by Gasteiger charge is 2.25. The van der Waals surface area contributed by atoms with Crippen LogP contribution in [0.4, 0.5) is 5.69 Å². The molecule has 3 rings (SSSR count). The lowest BCUT2D eigenvalue weighted by atomic mass is 9.98. The smallest absolute Gasteiger partial charge is 0.0552 e. The van der Waals surface area contributed by atoms with Crippen molar-refractivity contribution < 1.29 is 9.84 Å². The van der Waals surface area contributed by atoms with Crippen molar-refractivity contribution in [1.82, 2.24) is 0 Å². The number of aliphatic hydroxyl groups is 1. The van der Waals surface area contributed by atoms with Crippen LogP contribution >= 0.6 is 0 Å². The molecule has 0 aliphatic carbocycles. The molecule has 2 aliphatic rings. The van der Waals surface area contributed by atoms with Crippen molar-refractivity contribution in [3.05, 3.63) is 29.3 Å². The van der Waals surface area contributed by atoms with Gasteiger partial charge in [-0.25, -0.2) is 0 Å². The van der Waals surface area contributed by atoms with Crippen LogP contribution in [0.3, 0.4) is 0 Å². The minimum atomic E-state index is -0.258. The summed E-state index contributed by atoms with van der Waals surface area (Å²) in [7, 11) is 0. The lowest BCUT2D eigenvalue weighted by molar-refractivity contribution is 0.0683. The van der Waals surface area contributed by atoms with E-state index in [2.05, 4.69) is 23.1 Å². The average molecular weight is 275 g/mol. The Morgan fingerprint density at radius 1 is 1.35 bits per heavy atom. The summed E-state index contributed by atoms with van der Waals surface area (Å²) in [6.07, 6.45) is 4.03. The molecule has 0 radical (unpaired) electrons. The van der Waals surface area contributed by atoms with Crippen LogP contribution < -0.4 is 4.90 Å². The molecule has 0 bridgehead atoms. The molecule has 3 heteroatoms. The molecule has 1 fully saturated rings. The first kappa shape index (κ1) is 13.9. The molecule has 0 amide bonds. The van der Waals surface area contributed by atoms with Gasteiger partial charge in [0.15, 0.2) is 0 Å². The van der Waals surface area contributed by atoms with Gasteiger partial charge in [0.1, 0.15) is 0 Å². The summed E-state index contributed by atoms with van der Waals surface area (Å²) in [4.78, 5) is 2.54. The summed E-state index contributed by atoms with van der Waals surface area (Å²) in [6, 6.07) is 6.55. The molecular formula is C17H25NO2. The van der Waals surface area contributed by atoms with Gasteiger partial charge in [-0.3, -0.25) is 0 Å². The molecule has 2 heterocycles. The third-order valence-electron chi connectivity index (χ3n) is 4.56. The van der Waals surface area contributed by atoms with Crippen molar-refractivity contribution in [2.45, 2.75) is 38.7 Å². The Morgan fingerprint density at radius 2 is 2.15 bits per heavy atom. The predicted octanol–water partition coefficient (Wildman–Crippen LogP) is 2.40. The third-order valence-corrected chi connectivity index (χ3v) is 4.56. The molecule has 110 valence electrons. The lowest BCUT2D eigenvalue weighted by Crippen LogP contribution is -2.31. The summed E-state index contributed by atoms with van der Waals surface area (Å²) in [5.41, 5.74) is 4.18. The van der Waals surface area contributed by atoms with Crippen molar-refractivity contribution >= 4 is 5.69 Å². The number of aliphatic hydroxyl groups excluding tert-OH is 1. The van der Waals surface area contributed by atoms with E-state index < -0.39 is 0 Å². The van der Waals surface area contributed by atoms with Crippen molar-refractivity contribution in [3.8, 4) is 0 Å². The molecule has 0 saturated carbocycles. The van der Waals surface area contributed by atoms with Crippen LogP contribution in [-0.4, -0.2) is 37.5 Å². The van der Waals surface area contributed by atoms with Crippen molar-refractivity contribution in [3.63, 3.8) is 0 Å². The monoisotopic (exact) mass is 275 g/mol. The van der Waals surface area contributed by atoms with Gasteiger partial charge in [0.05, 0.1) is 6.10 Å². The number of fused-ring (bicyclic) bond motifs is 1. The fraction of sp³-hybridized carbons (Fsp3) is 0.647. The van der Waals surface area contributed by atoms with Gasteiger partial charge in [0, 0.05) is 32.0 Å². The van der Waals surface area contributed by atoms with Crippen LogP contribution in [0.15, 0.2) is 18.2 Å². The zero-order valence-corrected chi connectivity index (χ0v) is 12.3. The number of rotatable bonds is 4. The maximum Gasteiger partial charge on any atom is 0.0552 e. The lowest BCUT2D eigenvalue weighted by Gasteiger charge is -2.28. The van der Waals surface area contributed by atoms with E-state index in [0.717, 1.165) is 45.1 Å². The molecule has 1 aromatic carbocycles. The van der Waals surface area contributed by atoms with Crippen molar-refractivity contribution in [1.29, 1.82) is 0 Å². The molecule has 1 N–H and O–H groups in total. The van der Waals surface area contributed by atoms with Crippen LogP contribution in [0.1, 0.15) is 30.9 Å². The Hall–Kier alpha value is -1.06. The van der Waals surface area contributed by atoms with Gasteiger partial charge in [-0.05, 0) is 55.7 Å². The zero-order valence-electron chi connectivity index (χ0n) is 12.3. The van der Waals surface area contributed by atoms with E-state index in [4.69, 9.17) is 4.74 Å². The maximum atomic E-state index is 9.64. The molecule has 3 nitrogen and oxygen atoms in total. The molecule has 1 unspecified atom stereocenters. The van der Waals surface area contributed by atoms with Crippen LogP contribution in [0.25, 0.3) is 0 Å². The molecule has 0 aromatic heterocycles.